The molecule has 0 radical (unpaired) electrons. The number of carbonyl (C=O) groups excluding carboxylic acids is 2. The van der Waals surface area contributed by atoms with Gasteiger partial charge in [-0.05, 0) is 43.9 Å². The lowest BCUT2D eigenvalue weighted by molar-refractivity contribution is -0.132. The van der Waals surface area contributed by atoms with Crippen molar-refractivity contribution < 1.29 is 9.59 Å². The number of hydrogen-bond acceptors (Lipinski definition) is 4. The molecule has 7 heteroatoms. The van der Waals surface area contributed by atoms with Crippen LogP contribution in [-0.4, -0.2) is 53.8 Å². The van der Waals surface area contributed by atoms with E-state index in [2.05, 4.69) is 11.4 Å². The van der Waals surface area contributed by atoms with Gasteiger partial charge in [-0.2, -0.15) is 5.26 Å². The standard InChI is InChI=1S/C21H27ClN4O2/c1-25(21(15-23)9-3-2-4-10-21)19(27)14-24-18-8-7-16(22)13-17(18)20(28)26-11-5-6-12-26/h7-8,13,24H,2-6,9-12,14H2,1H3. The van der Waals surface area contributed by atoms with Crippen LogP contribution >= 0.6 is 11.6 Å². The Kier molecular flexibility index (Phi) is 6.46. The average molecular weight is 403 g/mol. The molecule has 28 heavy (non-hydrogen) atoms. The highest BCUT2D eigenvalue weighted by Crippen LogP contribution is 2.32. The van der Waals surface area contributed by atoms with Gasteiger partial charge in [0.1, 0.15) is 5.54 Å². The topological polar surface area (TPSA) is 76.4 Å². The summed E-state index contributed by atoms with van der Waals surface area (Å²) in [5.41, 5.74) is 0.362. The summed E-state index contributed by atoms with van der Waals surface area (Å²) in [5, 5.41) is 13.3. The number of nitriles is 1. The molecule has 6 nitrogen and oxygen atoms in total. The van der Waals surface area contributed by atoms with Crippen LogP contribution in [0.15, 0.2) is 18.2 Å². The normalized spacial score (nSPS) is 18.4. The Balaban J connectivity index is 1.71. The maximum atomic E-state index is 12.8. The SMILES string of the molecule is CN(C(=O)CNc1ccc(Cl)cc1C(=O)N1CCCC1)C1(C#N)CCCCC1. The number of amides is 2. The van der Waals surface area contributed by atoms with Crippen molar-refractivity contribution in [1.29, 1.82) is 5.26 Å². The van der Waals surface area contributed by atoms with Gasteiger partial charge in [-0.15, -0.1) is 0 Å². The number of hydrogen-bond donors (Lipinski definition) is 1. The van der Waals surface area contributed by atoms with Crippen molar-refractivity contribution in [1.82, 2.24) is 9.80 Å². The summed E-state index contributed by atoms with van der Waals surface area (Å²) in [7, 11) is 1.71. The number of likely N-dealkylation sites (N-methyl/N-ethyl adjacent to an activating group) is 1. The molecular formula is C21H27ClN4O2. The number of anilines is 1. The third-order valence-corrected chi connectivity index (χ3v) is 6.18. The van der Waals surface area contributed by atoms with Crippen LogP contribution in [0.3, 0.4) is 0 Å². The molecule has 1 aromatic rings. The molecule has 1 aliphatic heterocycles. The van der Waals surface area contributed by atoms with Gasteiger partial charge >= 0.3 is 0 Å². The zero-order chi connectivity index (χ0) is 20.1. The maximum absolute atomic E-state index is 12.8. The zero-order valence-corrected chi connectivity index (χ0v) is 17.1. The number of halogens is 1. The molecule has 2 fully saturated rings. The molecule has 0 atom stereocenters. The molecule has 1 aromatic carbocycles. The molecule has 1 aliphatic carbocycles. The minimum Gasteiger partial charge on any atom is -0.376 e. The van der Waals surface area contributed by atoms with Crippen LogP contribution in [0.25, 0.3) is 0 Å². The van der Waals surface area contributed by atoms with Gasteiger partial charge in [0.2, 0.25) is 5.91 Å². The van der Waals surface area contributed by atoms with E-state index in [-0.39, 0.29) is 18.4 Å². The molecule has 1 heterocycles. The van der Waals surface area contributed by atoms with Crippen LogP contribution in [0.1, 0.15) is 55.3 Å². The van der Waals surface area contributed by atoms with Gasteiger partial charge in [0.15, 0.2) is 0 Å². The number of nitrogens with one attached hydrogen (secondary N) is 1. The maximum Gasteiger partial charge on any atom is 0.256 e. The summed E-state index contributed by atoms with van der Waals surface area (Å²) in [4.78, 5) is 29.0. The van der Waals surface area contributed by atoms with Crippen molar-refractivity contribution in [3.63, 3.8) is 0 Å². The number of rotatable bonds is 5. The predicted molar refractivity (Wildman–Crippen MR) is 109 cm³/mol. The number of nitrogens with zero attached hydrogens (tertiary/aromatic N) is 3. The summed E-state index contributed by atoms with van der Waals surface area (Å²) in [6, 6.07) is 7.46. The van der Waals surface area contributed by atoms with Gasteiger partial charge in [-0.3, -0.25) is 9.59 Å². The molecule has 2 amide bonds. The first kappa shape index (κ1) is 20.5. The minimum atomic E-state index is -0.717. The molecule has 1 saturated carbocycles. The van der Waals surface area contributed by atoms with Crippen molar-refractivity contribution in [2.75, 3.05) is 32.0 Å². The Morgan fingerprint density at radius 1 is 1.21 bits per heavy atom. The molecule has 3 rings (SSSR count). The molecule has 0 unspecified atom stereocenters. The Bertz CT molecular complexity index is 777. The van der Waals surface area contributed by atoms with E-state index in [1.807, 2.05) is 4.90 Å². The van der Waals surface area contributed by atoms with Crippen LogP contribution in [-0.2, 0) is 4.79 Å². The van der Waals surface area contributed by atoms with E-state index in [0.29, 0.717) is 29.1 Å². The third kappa shape index (κ3) is 4.25. The fraction of sp³-hybridized carbons (Fsp3) is 0.571. The summed E-state index contributed by atoms with van der Waals surface area (Å²) >= 11 is 6.11. The molecule has 150 valence electrons. The van der Waals surface area contributed by atoms with E-state index in [1.54, 1.807) is 30.1 Å². The van der Waals surface area contributed by atoms with E-state index in [1.165, 1.54) is 0 Å². The Morgan fingerprint density at radius 2 is 1.89 bits per heavy atom. The van der Waals surface area contributed by atoms with Gasteiger partial charge in [-0.1, -0.05) is 30.9 Å². The van der Waals surface area contributed by atoms with E-state index in [0.717, 1.165) is 45.2 Å². The molecule has 1 N–H and O–H groups in total. The lowest BCUT2D eigenvalue weighted by Crippen LogP contribution is -2.51. The monoisotopic (exact) mass is 402 g/mol. The zero-order valence-electron chi connectivity index (χ0n) is 16.3. The van der Waals surface area contributed by atoms with Crippen molar-refractivity contribution in [3.05, 3.63) is 28.8 Å². The average Bonchev–Trinajstić information content (AvgIpc) is 3.26. The van der Waals surface area contributed by atoms with Crippen molar-refractivity contribution in [2.24, 2.45) is 0 Å². The number of carbonyl (C=O) groups is 2. The fourth-order valence-corrected chi connectivity index (χ4v) is 4.30. The van der Waals surface area contributed by atoms with Crippen LogP contribution < -0.4 is 5.32 Å². The lowest BCUT2D eigenvalue weighted by atomic mass is 9.81. The first-order valence-electron chi connectivity index (χ1n) is 9.97. The van der Waals surface area contributed by atoms with Gasteiger partial charge < -0.3 is 15.1 Å². The highest BCUT2D eigenvalue weighted by Gasteiger charge is 2.38. The molecule has 0 spiro atoms. The van der Waals surface area contributed by atoms with E-state index >= 15 is 0 Å². The highest BCUT2D eigenvalue weighted by molar-refractivity contribution is 6.31. The third-order valence-electron chi connectivity index (χ3n) is 5.94. The van der Waals surface area contributed by atoms with Crippen LogP contribution in [0.2, 0.25) is 5.02 Å². The predicted octanol–water partition coefficient (Wildman–Crippen LogP) is 3.67. The first-order valence-corrected chi connectivity index (χ1v) is 10.4. The fourth-order valence-electron chi connectivity index (χ4n) is 4.13. The Labute approximate surface area is 171 Å². The quantitative estimate of drug-likeness (QED) is 0.815. The van der Waals surface area contributed by atoms with Gasteiger partial charge in [-0.25, -0.2) is 0 Å². The van der Waals surface area contributed by atoms with E-state index < -0.39 is 5.54 Å². The van der Waals surface area contributed by atoms with E-state index in [9.17, 15) is 14.9 Å². The van der Waals surface area contributed by atoms with Gasteiger partial charge in [0.25, 0.3) is 5.91 Å². The second-order valence-electron chi connectivity index (χ2n) is 7.70. The number of benzene rings is 1. The molecule has 1 saturated heterocycles. The second kappa shape index (κ2) is 8.83. The summed E-state index contributed by atoms with van der Waals surface area (Å²) in [6.45, 7) is 1.52. The lowest BCUT2D eigenvalue weighted by Gasteiger charge is -2.39. The molecule has 0 bridgehead atoms. The van der Waals surface area contributed by atoms with Crippen molar-refractivity contribution in [2.45, 2.75) is 50.5 Å². The van der Waals surface area contributed by atoms with E-state index in [4.69, 9.17) is 11.6 Å². The summed E-state index contributed by atoms with van der Waals surface area (Å²) < 4.78 is 0. The summed E-state index contributed by atoms with van der Waals surface area (Å²) in [6.07, 6.45) is 6.48. The van der Waals surface area contributed by atoms with Crippen LogP contribution in [0.5, 0.6) is 0 Å². The van der Waals surface area contributed by atoms with Crippen molar-refractivity contribution in [3.8, 4) is 6.07 Å². The Hall–Kier alpha value is -2.26. The molecule has 0 aromatic heterocycles. The van der Waals surface area contributed by atoms with Crippen LogP contribution in [0.4, 0.5) is 5.69 Å². The largest absolute Gasteiger partial charge is 0.376 e. The van der Waals surface area contributed by atoms with Gasteiger partial charge in [0.05, 0.1) is 18.2 Å². The molecular weight excluding hydrogens is 376 g/mol. The number of likely N-dealkylation sites (tertiary alicyclic amines) is 1. The van der Waals surface area contributed by atoms with Gasteiger partial charge in [0, 0.05) is 30.8 Å². The van der Waals surface area contributed by atoms with Crippen molar-refractivity contribution >= 4 is 29.1 Å². The highest BCUT2D eigenvalue weighted by atomic mass is 35.5. The van der Waals surface area contributed by atoms with Crippen LogP contribution in [0, 0.1) is 11.3 Å². The first-order chi connectivity index (χ1) is 13.5. The molecule has 2 aliphatic rings. The summed E-state index contributed by atoms with van der Waals surface area (Å²) in [5.74, 6) is -0.220. The minimum absolute atomic E-state index is 0.0296. The Morgan fingerprint density at radius 3 is 2.54 bits per heavy atom. The smallest absolute Gasteiger partial charge is 0.256 e. The second-order valence-corrected chi connectivity index (χ2v) is 8.14.